The molecule has 7 nitrogen and oxygen atoms in total. The smallest absolute Gasteiger partial charge is 0.267 e. The van der Waals surface area contributed by atoms with E-state index in [0.29, 0.717) is 13.1 Å². The molecular weight excluding hydrogens is 294 g/mol. The van der Waals surface area contributed by atoms with Crippen LogP contribution < -0.4 is 5.32 Å². The van der Waals surface area contributed by atoms with Crippen LogP contribution in [0.25, 0.3) is 0 Å². The number of aromatic amines is 1. The number of aromatic nitrogens is 1. The maximum atomic E-state index is 12.3. The SMILES string of the molecule is CC(C)(O)CNC(=O)c1cc(S(=O)(=O)N2CCCC2)c[nH]1. The fraction of sp³-hybridized carbons (Fsp3) is 0.615. The molecule has 1 amide bonds. The predicted molar refractivity (Wildman–Crippen MR) is 77.4 cm³/mol. The second-order valence-electron chi connectivity index (χ2n) is 5.86. The minimum atomic E-state index is -3.52. The van der Waals surface area contributed by atoms with Crippen molar-refractivity contribution < 1.29 is 18.3 Å². The Kier molecular flexibility index (Phi) is 4.40. The first-order valence-electron chi connectivity index (χ1n) is 6.89. The zero-order valence-electron chi connectivity index (χ0n) is 12.2. The van der Waals surface area contributed by atoms with Crippen LogP contribution in [0.1, 0.15) is 37.2 Å². The van der Waals surface area contributed by atoms with Crippen LogP contribution in [0.3, 0.4) is 0 Å². The molecule has 0 spiro atoms. The van der Waals surface area contributed by atoms with E-state index in [1.807, 2.05) is 0 Å². The first kappa shape index (κ1) is 16.0. The standard InChI is InChI=1S/C13H21N3O4S/c1-13(2,18)9-15-12(17)11-7-10(8-14-11)21(19,20)16-5-3-4-6-16/h7-8,14,18H,3-6,9H2,1-2H3,(H,15,17). The topological polar surface area (TPSA) is 102 Å². The van der Waals surface area contributed by atoms with Crippen molar-refractivity contribution in [3.8, 4) is 0 Å². The monoisotopic (exact) mass is 315 g/mol. The van der Waals surface area contributed by atoms with Crippen LogP contribution in [0, 0.1) is 0 Å². The van der Waals surface area contributed by atoms with Gasteiger partial charge in [0.15, 0.2) is 0 Å². The normalized spacial score (nSPS) is 17.1. The van der Waals surface area contributed by atoms with E-state index in [-0.39, 0.29) is 17.1 Å². The minimum absolute atomic E-state index is 0.0824. The van der Waals surface area contributed by atoms with Gasteiger partial charge in [0.1, 0.15) is 10.6 Å². The van der Waals surface area contributed by atoms with Crippen LogP contribution >= 0.6 is 0 Å². The van der Waals surface area contributed by atoms with Crippen molar-refractivity contribution in [3.05, 3.63) is 18.0 Å². The van der Waals surface area contributed by atoms with Crippen LogP contribution in [0.5, 0.6) is 0 Å². The van der Waals surface area contributed by atoms with Gasteiger partial charge in [-0.25, -0.2) is 8.42 Å². The first-order valence-corrected chi connectivity index (χ1v) is 8.33. The van der Waals surface area contributed by atoms with Gasteiger partial charge in [0.2, 0.25) is 10.0 Å². The van der Waals surface area contributed by atoms with Crippen LogP contribution in [0.2, 0.25) is 0 Å². The molecule has 21 heavy (non-hydrogen) atoms. The molecule has 3 N–H and O–H groups in total. The Hall–Kier alpha value is -1.38. The van der Waals surface area contributed by atoms with Crippen LogP contribution in [0.15, 0.2) is 17.2 Å². The molecule has 1 aromatic heterocycles. The molecule has 0 atom stereocenters. The quantitative estimate of drug-likeness (QED) is 0.727. The number of nitrogens with one attached hydrogen (secondary N) is 2. The summed E-state index contributed by atoms with van der Waals surface area (Å²) in [5.41, 5.74) is -0.857. The lowest BCUT2D eigenvalue weighted by molar-refractivity contribution is 0.0692. The molecule has 1 aliphatic rings. The van der Waals surface area contributed by atoms with Gasteiger partial charge in [-0.2, -0.15) is 4.31 Å². The van der Waals surface area contributed by atoms with Gasteiger partial charge in [-0.1, -0.05) is 0 Å². The zero-order valence-corrected chi connectivity index (χ0v) is 13.0. The Morgan fingerprint density at radius 2 is 2.05 bits per heavy atom. The van der Waals surface area contributed by atoms with E-state index in [1.165, 1.54) is 16.6 Å². The third kappa shape index (κ3) is 3.84. The van der Waals surface area contributed by atoms with E-state index in [0.717, 1.165) is 12.8 Å². The van der Waals surface area contributed by atoms with Crippen molar-refractivity contribution in [1.82, 2.24) is 14.6 Å². The van der Waals surface area contributed by atoms with Crippen molar-refractivity contribution in [2.75, 3.05) is 19.6 Å². The molecule has 118 valence electrons. The van der Waals surface area contributed by atoms with E-state index in [9.17, 15) is 18.3 Å². The van der Waals surface area contributed by atoms with Crippen LogP contribution in [-0.4, -0.2) is 54.0 Å². The van der Waals surface area contributed by atoms with Gasteiger partial charge in [-0.05, 0) is 32.8 Å². The Balaban J connectivity index is 2.09. The molecular formula is C13H21N3O4S. The van der Waals surface area contributed by atoms with Gasteiger partial charge >= 0.3 is 0 Å². The van der Waals surface area contributed by atoms with E-state index >= 15 is 0 Å². The summed E-state index contributed by atoms with van der Waals surface area (Å²) < 4.78 is 26.1. The van der Waals surface area contributed by atoms with Gasteiger partial charge in [0.05, 0.1) is 5.60 Å². The average molecular weight is 315 g/mol. The third-order valence-electron chi connectivity index (χ3n) is 3.29. The highest BCUT2D eigenvalue weighted by molar-refractivity contribution is 7.89. The molecule has 1 fully saturated rings. The van der Waals surface area contributed by atoms with Crippen LogP contribution in [0.4, 0.5) is 0 Å². The molecule has 0 saturated carbocycles. The fourth-order valence-corrected chi connectivity index (χ4v) is 3.64. The molecule has 0 aliphatic carbocycles. The molecule has 2 heterocycles. The lowest BCUT2D eigenvalue weighted by Gasteiger charge is -2.17. The van der Waals surface area contributed by atoms with Gasteiger partial charge in [0.25, 0.3) is 5.91 Å². The summed E-state index contributed by atoms with van der Waals surface area (Å²) in [6, 6.07) is 1.33. The molecule has 1 saturated heterocycles. The lowest BCUT2D eigenvalue weighted by Crippen LogP contribution is -2.38. The molecule has 8 heteroatoms. The minimum Gasteiger partial charge on any atom is -0.389 e. The Labute approximate surface area is 124 Å². The van der Waals surface area contributed by atoms with Crippen molar-refractivity contribution >= 4 is 15.9 Å². The molecule has 0 radical (unpaired) electrons. The molecule has 1 aliphatic heterocycles. The van der Waals surface area contributed by atoms with Crippen molar-refractivity contribution in [1.29, 1.82) is 0 Å². The van der Waals surface area contributed by atoms with E-state index in [4.69, 9.17) is 0 Å². The van der Waals surface area contributed by atoms with Crippen molar-refractivity contribution in [2.45, 2.75) is 37.2 Å². The maximum absolute atomic E-state index is 12.3. The summed E-state index contributed by atoms with van der Waals surface area (Å²) in [4.78, 5) is 14.7. The van der Waals surface area contributed by atoms with Crippen LogP contribution in [-0.2, 0) is 10.0 Å². The number of aliphatic hydroxyl groups is 1. The zero-order chi connectivity index (χ0) is 15.7. The molecule has 2 rings (SSSR count). The van der Waals surface area contributed by atoms with Crippen molar-refractivity contribution in [2.24, 2.45) is 0 Å². The van der Waals surface area contributed by atoms with Gasteiger partial charge in [-0.3, -0.25) is 4.79 Å². The lowest BCUT2D eigenvalue weighted by atomic mass is 10.1. The highest BCUT2D eigenvalue weighted by atomic mass is 32.2. The fourth-order valence-electron chi connectivity index (χ4n) is 2.12. The summed E-state index contributed by atoms with van der Waals surface area (Å²) in [6.45, 7) is 4.27. The van der Waals surface area contributed by atoms with Gasteiger partial charge in [-0.15, -0.1) is 0 Å². The van der Waals surface area contributed by atoms with E-state index < -0.39 is 21.5 Å². The number of rotatable bonds is 5. The number of amides is 1. The third-order valence-corrected chi connectivity index (χ3v) is 5.16. The number of sulfonamides is 1. The van der Waals surface area contributed by atoms with E-state index in [2.05, 4.69) is 10.3 Å². The van der Waals surface area contributed by atoms with Crippen molar-refractivity contribution in [3.63, 3.8) is 0 Å². The molecule has 0 bridgehead atoms. The molecule has 0 unspecified atom stereocenters. The number of carbonyl (C=O) groups excluding carboxylic acids is 1. The number of carbonyl (C=O) groups is 1. The average Bonchev–Trinajstić information content (AvgIpc) is 3.05. The highest BCUT2D eigenvalue weighted by Gasteiger charge is 2.28. The highest BCUT2D eigenvalue weighted by Crippen LogP contribution is 2.21. The number of nitrogens with zero attached hydrogens (tertiary/aromatic N) is 1. The second-order valence-corrected chi connectivity index (χ2v) is 7.79. The number of hydrogen-bond donors (Lipinski definition) is 3. The Morgan fingerprint density at radius 1 is 1.43 bits per heavy atom. The maximum Gasteiger partial charge on any atom is 0.267 e. The summed E-state index contributed by atoms with van der Waals surface area (Å²) in [6.07, 6.45) is 3.05. The summed E-state index contributed by atoms with van der Waals surface area (Å²) in [5.74, 6) is -0.444. The second kappa shape index (κ2) is 5.78. The summed E-state index contributed by atoms with van der Waals surface area (Å²) >= 11 is 0. The van der Waals surface area contributed by atoms with E-state index in [1.54, 1.807) is 13.8 Å². The number of H-pyrrole nitrogens is 1. The first-order chi connectivity index (χ1) is 9.70. The predicted octanol–water partition coefficient (Wildman–Crippen LogP) is 0.300. The summed E-state index contributed by atoms with van der Waals surface area (Å²) in [5, 5.41) is 12.1. The largest absolute Gasteiger partial charge is 0.389 e. The Bertz CT molecular complexity index is 610. The summed E-state index contributed by atoms with van der Waals surface area (Å²) in [7, 11) is -3.52. The van der Waals surface area contributed by atoms with Gasteiger partial charge in [0, 0.05) is 25.8 Å². The van der Waals surface area contributed by atoms with Gasteiger partial charge < -0.3 is 15.4 Å². The Morgan fingerprint density at radius 3 is 2.62 bits per heavy atom. The molecule has 1 aromatic rings. The number of hydrogen-bond acceptors (Lipinski definition) is 4. The molecule has 0 aromatic carbocycles.